The predicted molar refractivity (Wildman–Crippen MR) is 77.8 cm³/mol. The fourth-order valence-electron chi connectivity index (χ4n) is 3.21. The first kappa shape index (κ1) is 14.5. The van der Waals surface area contributed by atoms with E-state index in [1.54, 1.807) is 0 Å². The topological polar surface area (TPSA) is 49.6 Å². The maximum Gasteiger partial charge on any atom is 0.227 e. The van der Waals surface area contributed by atoms with Crippen molar-refractivity contribution in [2.24, 2.45) is 11.7 Å². The molecular formula is C15H27N3O. The summed E-state index contributed by atoms with van der Waals surface area (Å²) in [4.78, 5) is 16.9. The Kier molecular flexibility index (Phi) is 5.40. The number of hydrogen-bond donors (Lipinski definition) is 1. The lowest BCUT2D eigenvalue weighted by atomic mass is 9.93. The first-order chi connectivity index (χ1) is 9.22. The van der Waals surface area contributed by atoms with Gasteiger partial charge in [0.2, 0.25) is 5.91 Å². The molecule has 1 saturated heterocycles. The van der Waals surface area contributed by atoms with Gasteiger partial charge in [0.1, 0.15) is 0 Å². The van der Waals surface area contributed by atoms with Crippen LogP contribution in [0.3, 0.4) is 0 Å². The van der Waals surface area contributed by atoms with Gasteiger partial charge in [-0.15, -0.1) is 6.58 Å². The van der Waals surface area contributed by atoms with Crippen LogP contribution in [0.5, 0.6) is 0 Å². The molecule has 0 radical (unpaired) electrons. The Morgan fingerprint density at radius 1 is 1.16 bits per heavy atom. The Balaban J connectivity index is 1.87. The van der Waals surface area contributed by atoms with Gasteiger partial charge >= 0.3 is 0 Å². The highest BCUT2D eigenvalue weighted by Gasteiger charge is 2.31. The summed E-state index contributed by atoms with van der Waals surface area (Å²) in [7, 11) is 0. The van der Waals surface area contributed by atoms with E-state index in [9.17, 15) is 4.79 Å². The molecule has 4 nitrogen and oxygen atoms in total. The van der Waals surface area contributed by atoms with Crippen LogP contribution in [0.4, 0.5) is 0 Å². The van der Waals surface area contributed by atoms with Gasteiger partial charge in [0.05, 0.1) is 5.92 Å². The van der Waals surface area contributed by atoms with Gasteiger partial charge in [0.25, 0.3) is 0 Å². The van der Waals surface area contributed by atoms with Crippen molar-refractivity contribution in [3.8, 4) is 0 Å². The Hall–Kier alpha value is -0.870. The summed E-state index contributed by atoms with van der Waals surface area (Å²) in [6, 6.07) is 0.0706. The molecule has 2 fully saturated rings. The molecule has 2 unspecified atom stereocenters. The average molecular weight is 265 g/mol. The second kappa shape index (κ2) is 7.06. The largest absolute Gasteiger partial charge is 0.340 e. The third-order valence-corrected chi connectivity index (χ3v) is 4.46. The lowest BCUT2D eigenvalue weighted by Crippen LogP contribution is -2.52. The van der Waals surface area contributed by atoms with E-state index in [4.69, 9.17) is 5.73 Å². The first-order valence-corrected chi connectivity index (χ1v) is 7.60. The van der Waals surface area contributed by atoms with Crippen LogP contribution < -0.4 is 5.73 Å². The van der Waals surface area contributed by atoms with Crippen molar-refractivity contribution in [2.75, 3.05) is 32.7 Å². The molecule has 19 heavy (non-hydrogen) atoms. The lowest BCUT2D eigenvalue weighted by Gasteiger charge is -2.36. The minimum atomic E-state index is 0.0634. The maximum absolute atomic E-state index is 12.6. The molecule has 0 bridgehead atoms. The van der Waals surface area contributed by atoms with Crippen LogP contribution >= 0.6 is 0 Å². The van der Waals surface area contributed by atoms with Gasteiger partial charge in [-0.25, -0.2) is 0 Å². The lowest BCUT2D eigenvalue weighted by molar-refractivity contribution is -0.138. The van der Waals surface area contributed by atoms with Crippen molar-refractivity contribution in [3.05, 3.63) is 12.7 Å². The first-order valence-electron chi connectivity index (χ1n) is 7.60. The SMILES string of the molecule is C=CCN1CCN(C(=O)C2CCCCCC2N)CC1. The van der Waals surface area contributed by atoms with E-state index < -0.39 is 0 Å². The third-order valence-electron chi connectivity index (χ3n) is 4.46. The normalized spacial score (nSPS) is 29.8. The van der Waals surface area contributed by atoms with E-state index in [1.165, 1.54) is 12.8 Å². The average Bonchev–Trinajstić information content (AvgIpc) is 2.64. The minimum absolute atomic E-state index is 0.0634. The van der Waals surface area contributed by atoms with Gasteiger partial charge in [-0.05, 0) is 12.8 Å². The summed E-state index contributed by atoms with van der Waals surface area (Å²) in [5, 5.41) is 0. The zero-order valence-electron chi connectivity index (χ0n) is 11.9. The standard InChI is InChI=1S/C15H27N3O/c1-2-8-17-9-11-18(12-10-17)15(19)13-6-4-3-5-7-14(13)16/h2,13-14H,1,3-12,16H2. The number of nitrogens with zero attached hydrogens (tertiary/aromatic N) is 2. The summed E-state index contributed by atoms with van der Waals surface area (Å²) < 4.78 is 0. The Labute approximate surface area is 116 Å². The molecule has 108 valence electrons. The monoisotopic (exact) mass is 265 g/mol. The van der Waals surface area contributed by atoms with Gasteiger partial charge in [0.15, 0.2) is 0 Å². The molecule has 0 aromatic rings. The summed E-state index contributed by atoms with van der Waals surface area (Å²) in [6.07, 6.45) is 7.47. The molecule has 2 aliphatic rings. The van der Waals surface area contributed by atoms with E-state index in [0.29, 0.717) is 5.91 Å². The number of carbonyl (C=O) groups is 1. The van der Waals surface area contributed by atoms with Crippen molar-refractivity contribution >= 4 is 5.91 Å². The van der Waals surface area contributed by atoms with Crippen LogP contribution in [-0.4, -0.2) is 54.5 Å². The molecule has 1 saturated carbocycles. The third kappa shape index (κ3) is 3.80. The number of rotatable bonds is 3. The summed E-state index contributed by atoms with van der Waals surface area (Å²) in [6.45, 7) is 8.29. The molecule has 4 heteroatoms. The Bertz CT molecular complexity index is 311. The molecule has 2 N–H and O–H groups in total. The molecule has 1 amide bonds. The number of nitrogens with two attached hydrogens (primary N) is 1. The van der Waals surface area contributed by atoms with Crippen LogP contribution in [0.25, 0.3) is 0 Å². The highest BCUT2D eigenvalue weighted by atomic mass is 16.2. The predicted octanol–water partition coefficient (Wildman–Crippen LogP) is 1.22. The summed E-state index contributed by atoms with van der Waals surface area (Å²) in [5.74, 6) is 0.362. The van der Waals surface area contributed by atoms with Crippen LogP contribution in [0.2, 0.25) is 0 Å². The zero-order chi connectivity index (χ0) is 13.7. The van der Waals surface area contributed by atoms with Gasteiger partial charge < -0.3 is 10.6 Å². The van der Waals surface area contributed by atoms with Crippen molar-refractivity contribution in [2.45, 2.75) is 38.1 Å². The van der Waals surface area contributed by atoms with Gasteiger partial charge in [-0.2, -0.15) is 0 Å². The fraction of sp³-hybridized carbons (Fsp3) is 0.800. The Morgan fingerprint density at radius 3 is 2.53 bits per heavy atom. The Morgan fingerprint density at radius 2 is 1.84 bits per heavy atom. The molecule has 2 rings (SSSR count). The number of amides is 1. The van der Waals surface area contributed by atoms with Gasteiger partial charge in [-0.1, -0.05) is 25.3 Å². The number of hydrogen-bond acceptors (Lipinski definition) is 3. The van der Waals surface area contributed by atoms with Gasteiger partial charge in [-0.3, -0.25) is 9.69 Å². The van der Waals surface area contributed by atoms with E-state index in [1.807, 2.05) is 11.0 Å². The molecule has 1 heterocycles. The van der Waals surface area contributed by atoms with E-state index in [0.717, 1.165) is 52.0 Å². The molecule has 0 aromatic carbocycles. The van der Waals surface area contributed by atoms with E-state index in [2.05, 4.69) is 11.5 Å². The molecule has 2 atom stereocenters. The number of carbonyl (C=O) groups excluding carboxylic acids is 1. The van der Waals surface area contributed by atoms with Crippen molar-refractivity contribution in [1.29, 1.82) is 0 Å². The van der Waals surface area contributed by atoms with Crippen molar-refractivity contribution in [3.63, 3.8) is 0 Å². The van der Waals surface area contributed by atoms with Crippen molar-refractivity contribution in [1.82, 2.24) is 9.80 Å². The van der Waals surface area contributed by atoms with Crippen LogP contribution in [0.1, 0.15) is 32.1 Å². The van der Waals surface area contributed by atoms with Gasteiger partial charge in [0, 0.05) is 38.8 Å². The maximum atomic E-state index is 12.6. The van der Waals surface area contributed by atoms with Crippen LogP contribution in [0.15, 0.2) is 12.7 Å². The molecule has 0 aromatic heterocycles. The molecule has 1 aliphatic carbocycles. The molecule has 1 aliphatic heterocycles. The number of piperazine rings is 1. The van der Waals surface area contributed by atoms with E-state index >= 15 is 0 Å². The quantitative estimate of drug-likeness (QED) is 0.617. The summed E-state index contributed by atoms with van der Waals surface area (Å²) in [5.41, 5.74) is 6.19. The second-order valence-electron chi connectivity index (χ2n) is 5.82. The summed E-state index contributed by atoms with van der Waals surface area (Å²) >= 11 is 0. The molecular weight excluding hydrogens is 238 g/mol. The van der Waals surface area contributed by atoms with Crippen molar-refractivity contribution < 1.29 is 4.79 Å². The van der Waals surface area contributed by atoms with Crippen LogP contribution in [-0.2, 0) is 4.79 Å². The highest BCUT2D eigenvalue weighted by Crippen LogP contribution is 2.24. The zero-order valence-corrected chi connectivity index (χ0v) is 11.9. The van der Waals surface area contributed by atoms with E-state index in [-0.39, 0.29) is 12.0 Å². The highest BCUT2D eigenvalue weighted by molar-refractivity contribution is 5.79. The second-order valence-corrected chi connectivity index (χ2v) is 5.82. The molecule has 0 spiro atoms. The smallest absolute Gasteiger partial charge is 0.227 e. The minimum Gasteiger partial charge on any atom is -0.340 e. The fourth-order valence-corrected chi connectivity index (χ4v) is 3.21. The van der Waals surface area contributed by atoms with Crippen LogP contribution in [0, 0.1) is 5.92 Å².